The zero-order valence-electron chi connectivity index (χ0n) is 17.4. The molecule has 3 rings (SSSR count). The molecule has 0 spiro atoms. The summed E-state index contributed by atoms with van der Waals surface area (Å²) < 4.78 is 4.94. The van der Waals surface area contributed by atoms with Crippen LogP contribution in [-0.2, 0) is 14.3 Å². The van der Waals surface area contributed by atoms with Crippen molar-refractivity contribution in [2.45, 2.75) is 38.6 Å². The molecular formula is C22H31N3O4. The van der Waals surface area contributed by atoms with E-state index >= 15 is 0 Å². The number of ether oxygens (including phenoxy) is 1. The summed E-state index contributed by atoms with van der Waals surface area (Å²) in [5.41, 5.74) is 1.64. The van der Waals surface area contributed by atoms with E-state index in [2.05, 4.69) is 5.32 Å². The quantitative estimate of drug-likeness (QED) is 0.785. The summed E-state index contributed by atoms with van der Waals surface area (Å²) in [6.45, 7) is 4.71. The maximum absolute atomic E-state index is 13.2. The Balaban J connectivity index is 1.70. The van der Waals surface area contributed by atoms with Crippen molar-refractivity contribution in [3.8, 4) is 0 Å². The monoisotopic (exact) mass is 401 g/mol. The van der Waals surface area contributed by atoms with Crippen LogP contribution in [0.25, 0.3) is 0 Å². The van der Waals surface area contributed by atoms with Gasteiger partial charge < -0.3 is 19.9 Å². The van der Waals surface area contributed by atoms with E-state index in [-0.39, 0.29) is 30.2 Å². The van der Waals surface area contributed by atoms with Crippen LogP contribution in [0.15, 0.2) is 24.3 Å². The van der Waals surface area contributed by atoms with Gasteiger partial charge in [0.15, 0.2) is 0 Å². The topological polar surface area (TPSA) is 79.0 Å². The van der Waals surface area contributed by atoms with E-state index in [1.54, 1.807) is 17.0 Å². The van der Waals surface area contributed by atoms with Crippen LogP contribution >= 0.6 is 0 Å². The molecule has 2 fully saturated rings. The lowest BCUT2D eigenvalue weighted by Gasteiger charge is -2.37. The predicted octanol–water partition coefficient (Wildman–Crippen LogP) is 1.60. The zero-order valence-corrected chi connectivity index (χ0v) is 17.4. The smallest absolute Gasteiger partial charge is 0.251 e. The number of methoxy groups -OCH3 is 1. The molecule has 158 valence electrons. The average Bonchev–Trinajstić information content (AvgIpc) is 3.27. The van der Waals surface area contributed by atoms with Gasteiger partial charge in [0.25, 0.3) is 5.91 Å². The number of nitrogens with one attached hydrogen (secondary N) is 1. The standard InChI is InChI=1S/C22H31N3O4/c1-16-5-7-18(8-6-16)21(27)23-20(22(28)25-11-3-4-12-25)17-9-13-24(14-10-17)19(26)15-29-2/h5-8,17,20H,3-4,9-15H2,1-2H3,(H,23,27)/t20-/m0/s1. The van der Waals surface area contributed by atoms with E-state index in [0.717, 1.165) is 31.5 Å². The maximum Gasteiger partial charge on any atom is 0.251 e. The lowest BCUT2D eigenvalue weighted by molar-refractivity contribution is -0.137. The first-order chi connectivity index (χ1) is 14.0. The van der Waals surface area contributed by atoms with E-state index in [9.17, 15) is 14.4 Å². The Kier molecular flexibility index (Phi) is 7.25. The minimum atomic E-state index is -0.554. The molecule has 29 heavy (non-hydrogen) atoms. The highest BCUT2D eigenvalue weighted by atomic mass is 16.5. The van der Waals surface area contributed by atoms with Crippen molar-refractivity contribution >= 4 is 17.7 Å². The molecule has 1 atom stereocenters. The summed E-state index contributed by atoms with van der Waals surface area (Å²) >= 11 is 0. The molecule has 0 radical (unpaired) electrons. The molecule has 1 N–H and O–H groups in total. The molecule has 0 saturated carbocycles. The van der Waals surface area contributed by atoms with Gasteiger partial charge in [-0.2, -0.15) is 0 Å². The number of hydrogen-bond acceptors (Lipinski definition) is 4. The molecule has 0 aliphatic carbocycles. The van der Waals surface area contributed by atoms with Crippen molar-refractivity contribution in [2.24, 2.45) is 5.92 Å². The highest BCUT2D eigenvalue weighted by molar-refractivity contribution is 5.97. The Morgan fingerprint density at radius 3 is 2.24 bits per heavy atom. The number of likely N-dealkylation sites (tertiary alicyclic amines) is 2. The Bertz CT molecular complexity index is 720. The zero-order chi connectivity index (χ0) is 20.8. The van der Waals surface area contributed by atoms with Crippen molar-refractivity contribution in [1.29, 1.82) is 0 Å². The van der Waals surface area contributed by atoms with Crippen LogP contribution < -0.4 is 5.32 Å². The Hall–Kier alpha value is -2.41. The molecular weight excluding hydrogens is 370 g/mol. The Morgan fingerprint density at radius 1 is 1.03 bits per heavy atom. The minimum Gasteiger partial charge on any atom is -0.375 e. The summed E-state index contributed by atoms with van der Waals surface area (Å²) in [5.74, 6) is -0.230. The van der Waals surface area contributed by atoms with Crippen molar-refractivity contribution in [2.75, 3.05) is 39.9 Å². The van der Waals surface area contributed by atoms with E-state index in [1.165, 1.54) is 7.11 Å². The summed E-state index contributed by atoms with van der Waals surface area (Å²) in [4.78, 5) is 41.7. The third-order valence-electron chi connectivity index (χ3n) is 5.92. The molecule has 7 heteroatoms. The number of aryl methyl sites for hydroxylation is 1. The molecule has 2 heterocycles. The van der Waals surface area contributed by atoms with Crippen molar-refractivity contribution in [3.05, 3.63) is 35.4 Å². The minimum absolute atomic E-state index is 0.00429. The number of piperidine rings is 1. The molecule has 0 unspecified atom stereocenters. The lowest BCUT2D eigenvalue weighted by Crippen LogP contribution is -2.54. The number of carbonyl (C=O) groups excluding carboxylic acids is 3. The fourth-order valence-corrected chi connectivity index (χ4v) is 4.14. The number of carbonyl (C=O) groups is 3. The summed E-state index contributed by atoms with van der Waals surface area (Å²) in [6, 6.07) is 6.81. The summed E-state index contributed by atoms with van der Waals surface area (Å²) in [5, 5.41) is 3.01. The van der Waals surface area contributed by atoms with Gasteiger partial charge in [0.1, 0.15) is 12.6 Å². The van der Waals surface area contributed by atoms with Crippen LogP contribution in [0, 0.1) is 12.8 Å². The number of hydrogen-bond donors (Lipinski definition) is 1. The van der Waals surface area contributed by atoms with Crippen molar-refractivity contribution in [3.63, 3.8) is 0 Å². The third-order valence-corrected chi connectivity index (χ3v) is 5.92. The van der Waals surface area contributed by atoms with Gasteiger partial charge in [-0.1, -0.05) is 17.7 Å². The summed E-state index contributed by atoms with van der Waals surface area (Å²) in [7, 11) is 1.51. The third kappa shape index (κ3) is 5.35. The van der Waals surface area contributed by atoms with Gasteiger partial charge >= 0.3 is 0 Å². The van der Waals surface area contributed by atoms with Gasteiger partial charge in [-0.25, -0.2) is 0 Å². The van der Waals surface area contributed by atoms with E-state index < -0.39 is 6.04 Å². The first-order valence-electron chi connectivity index (χ1n) is 10.4. The second-order valence-corrected chi connectivity index (χ2v) is 8.00. The highest BCUT2D eigenvalue weighted by Crippen LogP contribution is 2.24. The van der Waals surface area contributed by atoms with Crippen molar-refractivity contribution in [1.82, 2.24) is 15.1 Å². The Labute approximate surface area is 172 Å². The number of rotatable bonds is 6. The number of benzene rings is 1. The fourth-order valence-electron chi connectivity index (χ4n) is 4.14. The van der Waals surface area contributed by atoms with Crippen molar-refractivity contribution < 1.29 is 19.1 Å². The van der Waals surface area contributed by atoms with Crippen LogP contribution in [-0.4, -0.2) is 73.5 Å². The van der Waals surface area contributed by atoms with Gasteiger partial charge in [-0.05, 0) is 50.7 Å². The number of amides is 3. The SMILES string of the molecule is COCC(=O)N1CCC([C@H](NC(=O)c2ccc(C)cc2)C(=O)N2CCCC2)CC1. The second-order valence-electron chi connectivity index (χ2n) is 8.00. The van der Waals surface area contributed by atoms with Gasteiger partial charge in [-0.3, -0.25) is 14.4 Å². The van der Waals surface area contributed by atoms with Crippen LogP contribution in [0.2, 0.25) is 0 Å². The highest BCUT2D eigenvalue weighted by Gasteiger charge is 2.36. The van der Waals surface area contributed by atoms with Gasteiger partial charge in [0, 0.05) is 38.9 Å². The predicted molar refractivity (Wildman–Crippen MR) is 109 cm³/mol. The molecule has 3 amide bonds. The fraction of sp³-hybridized carbons (Fsp3) is 0.591. The molecule has 2 saturated heterocycles. The maximum atomic E-state index is 13.2. The Morgan fingerprint density at radius 2 is 1.66 bits per heavy atom. The molecule has 1 aromatic rings. The first-order valence-corrected chi connectivity index (χ1v) is 10.4. The van der Waals surface area contributed by atoms with Crippen LogP contribution in [0.1, 0.15) is 41.6 Å². The molecule has 0 bridgehead atoms. The molecule has 0 aromatic heterocycles. The lowest BCUT2D eigenvalue weighted by atomic mass is 9.88. The van der Waals surface area contributed by atoms with E-state index in [4.69, 9.17) is 4.74 Å². The number of nitrogens with zero attached hydrogens (tertiary/aromatic N) is 2. The molecule has 7 nitrogen and oxygen atoms in total. The first kappa shape index (κ1) is 21.3. The van der Waals surface area contributed by atoms with E-state index in [1.807, 2.05) is 24.0 Å². The molecule has 1 aromatic carbocycles. The molecule has 2 aliphatic heterocycles. The van der Waals surface area contributed by atoms with Crippen LogP contribution in [0.4, 0.5) is 0 Å². The van der Waals surface area contributed by atoms with E-state index in [0.29, 0.717) is 31.5 Å². The van der Waals surface area contributed by atoms with Crippen LogP contribution in [0.5, 0.6) is 0 Å². The van der Waals surface area contributed by atoms with Gasteiger partial charge in [0.2, 0.25) is 11.8 Å². The largest absolute Gasteiger partial charge is 0.375 e. The average molecular weight is 402 g/mol. The normalized spacial score (nSPS) is 18.6. The summed E-state index contributed by atoms with van der Waals surface area (Å²) in [6.07, 6.45) is 3.39. The van der Waals surface area contributed by atoms with Gasteiger partial charge in [0.05, 0.1) is 0 Å². The van der Waals surface area contributed by atoms with Gasteiger partial charge in [-0.15, -0.1) is 0 Å². The molecule has 2 aliphatic rings. The second kappa shape index (κ2) is 9.87. The van der Waals surface area contributed by atoms with Crippen LogP contribution in [0.3, 0.4) is 0 Å².